The average molecular weight is 298 g/mol. The highest BCUT2D eigenvalue weighted by molar-refractivity contribution is 5.96. The zero-order chi connectivity index (χ0) is 15.3. The molecule has 1 aromatic carbocycles. The van der Waals surface area contributed by atoms with Crippen LogP contribution in [-0.4, -0.2) is 38.5 Å². The second-order valence-corrected chi connectivity index (χ2v) is 5.88. The van der Waals surface area contributed by atoms with Gasteiger partial charge in [-0.1, -0.05) is 23.4 Å². The van der Waals surface area contributed by atoms with Gasteiger partial charge in [0.25, 0.3) is 0 Å². The standard InChI is InChI=1S/C15H14N4O3/c20-13(8-18-7-11(14(21)22)16-17-18)19-9-15(5-6-15)10-3-1-2-4-12(10)19/h1-4,7H,5-6,8-9H2,(H,21,22). The minimum absolute atomic E-state index is 0.00923. The number of hydrogen-bond acceptors (Lipinski definition) is 4. The van der Waals surface area contributed by atoms with E-state index in [0.717, 1.165) is 18.5 Å². The first kappa shape index (κ1) is 13.0. The Kier molecular flexibility index (Phi) is 2.60. The van der Waals surface area contributed by atoms with Crippen molar-refractivity contribution >= 4 is 17.6 Å². The first-order chi connectivity index (χ1) is 10.6. The van der Waals surface area contributed by atoms with Crippen molar-refractivity contribution in [3.8, 4) is 0 Å². The Morgan fingerprint density at radius 1 is 1.27 bits per heavy atom. The number of carboxylic acids is 1. The molecule has 0 bridgehead atoms. The van der Waals surface area contributed by atoms with Crippen molar-refractivity contribution in [1.82, 2.24) is 15.0 Å². The lowest BCUT2D eigenvalue weighted by Gasteiger charge is -2.17. The van der Waals surface area contributed by atoms with Gasteiger partial charge in [-0.25, -0.2) is 9.48 Å². The Bertz CT molecular complexity index is 779. The molecule has 4 rings (SSSR count). The molecule has 1 N–H and O–H groups in total. The fraction of sp³-hybridized carbons (Fsp3) is 0.333. The lowest BCUT2D eigenvalue weighted by Crippen LogP contribution is -2.34. The maximum atomic E-state index is 12.6. The van der Waals surface area contributed by atoms with Gasteiger partial charge >= 0.3 is 5.97 Å². The number of hydrogen-bond donors (Lipinski definition) is 1. The Morgan fingerprint density at radius 3 is 2.73 bits per heavy atom. The third-order valence-electron chi connectivity index (χ3n) is 4.44. The molecule has 0 radical (unpaired) electrons. The number of carbonyl (C=O) groups is 2. The first-order valence-electron chi connectivity index (χ1n) is 7.12. The minimum Gasteiger partial charge on any atom is -0.476 e. The van der Waals surface area contributed by atoms with E-state index in [4.69, 9.17) is 5.11 Å². The predicted octanol–water partition coefficient (Wildman–Crippen LogP) is 1.05. The van der Waals surface area contributed by atoms with E-state index in [2.05, 4.69) is 16.4 Å². The van der Waals surface area contributed by atoms with Crippen LogP contribution in [0.25, 0.3) is 0 Å². The molecule has 7 nitrogen and oxygen atoms in total. The molecule has 7 heteroatoms. The third kappa shape index (κ3) is 1.89. The van der Waals surface area contributed by atoms with Gasteiger partial charge in [-0.15, -0.1) is 5.10 Å². The van der Waals surface area contributed by atoms with Crippen LogP contribution < -0.4 is 4.90 Å². The van der Waals surface area contributed by atoms with Gasteiger partial charge in [0, 0.05) is 17.6 Å². The Hall–Kier alpha value is -2.70. The molecule has 1 fully saturated rings. The number of amides is 1. The molecule has 2 aromatic rings. The van der Waals surface area contributed by atoms with Crippen LogP contribution in [0.5, 0.6) is 0 Å². The SMILES string of the molecule is O=C(O)c1cn(CC(=O)N2CC3(CC3)c3ccccc32)nn1. The molecule has 1 aromatic heterocycles. The van der Waals surface area contributed by atoms with Gasteiger partial charge in [-0.05, 0) is 24.5 Å². The molecule has 0 saturated heterocycles. The van der Waals surface area contributed by atoms with Crippen LogP contribution in [0.1, 0.15) is 28.9 Å². The molecule has 1 amide bonds. The number of aromatic carboxylic acids is 1. The van der Waals surface area contributed by atoms with Crippen molar-refractivity contribution in [2.45, 2.75) is 24.8 Å². The summed E-state index contributed by atoms with van der Waals surface area (Å²) >= 11 is 0. The number of para-hydroxylation sites is 1. The van der Waals surface area contributed by atoms with Crippen LogP contribution in [0, 0.1) is 0 Å². The van der Waals surface area contributed by atoms with Crippen LogP contribution in [0.3, 0.4) is 0 Å². The summed E-state index contributed by atoms with van der Waals surface area (Å²) < 4.78 is 1.27. The quantitative estimate of drug-likeness (QED) is 0.915. The van der Waals surface area contributed by atoms with Gasteiger partial charge in [0.05, 0.1) is 6.20 Å². The first-order valence-corrected chi connectivity index (χ1v) is 7.12. The summed E-state index contributed by atoms with van der Waals surface area (Å²) in [5.41, 5.74) is 2.19. The van der Waals surface area contributed by atoms with Crippen molar-refractivity contribution in [2.24, 2.45) is 0 Å². The minimum atomic E-state index is -1.15. The van der Waals surface area contributed by atoms with Crippen LogP contribution in [-0.2, 0) is 16.8 Å². The number of fused-ring (bicyclic) bond motifs is 2. The van der Waals surface area contributed by atoms with Gasteiger partial charge in [-0.2, -0.15) is 0 Å². The second kappa shape index (κ2) is 4.40. The topological polar surface area (TPSA) is 88.3 Å². The van der Waals surface area contributed by atoms with Gasteiger partial charge < -0.3 is 10.0 Å². The van der Waals surface area contributed by atoms with Gasteiger partial charge in [-0.3, -0.25) is 4.79 Å². The summed E-state index contributed by atoms with van der Waals surface area (Å²) in [6, 6.07) is 7.99. The summed E-state index contributed by atoms with van der Waals surface area (Å²) in [4.78, 5) is 25.1. The number of benzene rings is 1. The fourth-order valence-electron chi connectivity index (χ4n) is 3.13. The highest BCUT2D eigenvalue weighted by Crippen LogP contribution is 2.56. The number of carboxylic acid groups (broad SMARTS) is 1. The van der Waals surface area contributed by atoms with E-state index in [1.54, 1.807) is 4.90 Å². The van der Waals surface area contributed by atoms with Crippen molar-refractivity contribution in [2.75, 3.05) is 11.4 Å². The van der Waals surface area contributed by atoms with E-state index in [-0.39, 0.29) is 23.6 Å². The smallest absolute Gasteiger partial charge is 0.358 e. The number of nitrogens with zero attached hydrogens (tertiary/aromatic N) is 4. The summed E-state index contributed by atoms with van der Waals surface area (Å²) in [7, 11) is 0. The Balaban J connectivity index is 1.57. The highest BCUT2D eigenvalue weighted by atomic mass is 16.4. The molecular weight excluding hydrogens is 284 g/mol. The number of rotatable bonds is 3. The summed E-state index contributed by atoms with van der Waals surface area (Å²) in [5, 5.41) is 16.1. The van der Waals surface area contributed by atoms with E-state index in [0.29, 0.717) is 6.54 Å². The normalized spacial score (nSPS) is 17.5. The van der Waals surface area contributed by atoms with Crippen molar-refractivity contribution < 1.29 is 14.7 Å². The number of carbonyl (C=O) groups excluding carboxylic acids is 1. The van der Waals surface area contributed by atoms with Crippen molar-refractivity contribution in [3.05, 3.63) is 41.7 Å². The van der Waals surface area contributed by atoms with Crippen LogP contribution >= 0.6 is 0 Å². The van der Waals surface area contributed by atoms with Gasteiger partial charge in [0.2, 0.25) is 5.91 Å². The lowest BCUT2D eigenvalue weighted by atomic mass is 9.99. The highest BCUT2D eigenvalue weighted by Gasteiger charge is 2.52. The summed E-state index contributed by atoms with van der Waals surface area (Å²) in [6.07, 6.45) is 3.50. The molecule has 0 atom stereocenters. The van der Waals surface area contributed by atoms with Crippen LogP contribution in [0.4, 0.5) is 5.69 Å². The maximum absolute atomic E-state index is 12.6. The van der Waals surface area contributed by atoms with Crippen molar-refractivity contribution in [1.29, 1.82) is 0 Å². The maximum Gasteiger partial charge on any atom is 0.358 e. The Labute approximate surface area is 126 Å². The zero-order valence-corrected chi connectivity index (χ0v) is 11.8. The lowest BCUT2D eigenvalue weighted by molar-refractivity contribution is -0.119. The van der Waals surface area contributed by atoms with Gasteiger partial charge in [0.1, 0.15) is 6.54 Å². The van der Waals surface area contributed by atoms with Crippen molar-refractivity contribution in [3.63, 3.8) is 0 Å². The van der Waals surface area contributed by atoms with E-state index in [1.807, 2.05) is 18.2 Å². The second-order valence-electron chi connectivity index (χ2n) is 5.88. The summed E-state index contributed by atoms with van der Waals surface area (Å²) in [6.45, 7) is 0.691. The molecule has 0 unspecified atom stereocenters. The largest absolute Gasteiger partial charge is 0.476 e. The van der Waals surface area contributed by atoms with E-state index in [1.165, 1.54) is 16.4 Å². The third-order valence-corrected chi connectivity index (χ3v) is 4.44. The average Bonchev–Trinajstić information content (AvgIpc) is 2.99. The molecule has 1 aliphatic heterocycles. The molecule has 1 saturated carbocycles. The zero-order valence-electron chi connectivity index (χ0n) is 11.8. The number of anilines is 1. The molecule has 2 aliphatic rings. The van der Waals surface area contributed by atoms with E-state index >= 15 is 0 Å². The van der Waals surface area contributed by atoms with Crippen LogP contribution in [0.15, 0.2) is 30.5 Å². The molecule has 1 spiro atoms. The van der Waals surface area contributed by atoms with E-state index < -0.39 is 5.97 Å². The van der Waals surface area contributed by atoms with Crippen LogP contribution in [0.2, 0.25) is 0 Å². The summed E-state index contributed by atoms with van der Waals surface area (Å²) in [5.74, 6) is -1.25. The molecular formula is C15H14N4O3. The molecule has 22 heavy (non-hydrogen) atoms. The predicted molar refractivity (Wildman–Crippen MR) is 76.7 cm³/mol. The fourth-order valence-corrected chi connectivity index (χ4v) is 3.13. The van der Waals surface area contributed by atoms with Gasteiger partial charge in [0.15, 0.2) is 5.69 Å². The molecule has 2 heterocycles. The molecule has 112 valence electrons. The Morgan fingerprint density at radius 2 is 2.05 bits per heavy atom. The molecule has 1 aliphatic carbocycles. The number of aromatic nitrogens is 3. The monoisotopic (exact) mass is 298 g/mol. The van der Waals surface area contributed by atoms with E-state index in [9.17, 15) is 9.59 Å².